The van der Waals surface area contributed by atoms with Crippen molar-refractivity contribution >= 4 is 18.0 Å². The number of hydrogen-bond acceptors (Lipinski definition) is 4. The quantitative estimate of drug-likeness (QED) is 0.611. The molecule has 2 amide bonds. The molecule has 35 heavy (non-hydrogen) atoms. The maximum absolute atomic E-state index is 13.3. The zero-order valence-corrected chi connectivity index (χ0v) is 20.6. The molecular formula is C28H34N2O5. The Kier molecular flexibility index (Phi) is 7.43. The van der Waals surface area contributed by atoms with Gasteiger partial charge in [0.2, 0.25) is 5.91 Å². The van der Waals surface area contributed by atoms with Gasteiger partial charge in [0.1, 0.15) is 6.61 Å². The molecule has 1 saturated heterocycles. The van der Waals surface area contributed by atoms with Crippen molar-refractivity contribution in [2.24, 2.45) is 17.8 Å². The number of likely N-dealkylation sites (tertiary alicyclic amines) is 1. The van der Waals surface area contributed by atoms with Gasteiger partial charge in [0.05, 0.1) is 11.8 Å². The van der Waals surface area contributed by atoms with Gasteiger partial charge in [-0.2, -0.15) is 0 Å². The van der Waals surface area contributed by atoms with Crippen LogP contribution in [0.2, 0.25) is 0 Å². The number of ether oxygens (including phenoxy) is 1. The monoisotopic (exact) mass is 478 g/mol. The van der Waals surface area contributed by atoms with E-state index >= 15 is 0 Å². The zero-order chi connectivity index (χ0) is 25.1. The number of nitrogens with one attached hydrogen (secondary N) is 1. The number of carboxylic acids is 1. The van der Waals surface area contributed by atoms with Crippen LogP contribution in [0.3, 0.4) is 0 Å². The highest BCUT2D eigenvalue weighted by Crippen LogP contribution is 2.44. The lowest BCUT2D eigenvalue weighted by Crippen LogP contribution is -2.51. The van der Waals surface area contributed by atoms with Crippen LogP contribution in [0.4, 0.5) is 4.79 Å². The van der Waals surface area contributed by atoms with Crippen molar-refractivity contribution in [2.75, 3.05) is 19.7 Å². The molecule has 1 aliphatic heterocycles. The third-order valence-corrected chi connectivity index (χ3v) is 7.31. The molecule has 0 spiro atoms. The second-order valence-electron chi connectivity index (χ2n) is 9.99. The van der Waals surface area contributed by atoms with Gasteiger partial charge >= 0.3 is 12.1 Å². The van der Waals surface area contributed by atoms with Crippen LogP contribution >= 0.6 is 0 Å². The maximum atomic E-state index is 13.3. The third kappa shape index (κ3) is 5.19. The van der Waals surface area contributed by atoms with Crippen LogP contribution < -0.4 is 5.32 Å². The Hall–Kier alpha value is -3.35. The molecule has 0 radical (unpaired) electrons. The largest absolute Gasteiger partial charge is 0.481 e. The van der Waals surface area contributed by atoms with Gasteiger partial charge in [0.15, 0.2) is 0 Å². The molecule has 2 aliphatic rings. The predicted molar refractivity (Wildman–Crippen MR) is 133 cm³/mol. The molecule has 7 heteroatoms. The van der Waals surface area contributed by atoms with E-state index in [2.05, 4.69) is 29.6 Å². The summed E-state index contributed by atoms with van der Waals surface area (Å²) < 4.78 is 5.66. The molecule has 7 nitrogen and oxygen atoms in total. The van der Waals surface area contributed by atoms with E-state index in [9.17, 15) is 19.5 Å². The van der Waals surface area contributed by atoms with Crippen LogP contribution in [-0.4, -0.2) is 53.7 Å². The molecule has 3 unspecified atom stereocenters. The molecule has 1 fully saturated rings. The summed E-state index contributed by atoms with van der Waals surface area (Å²) in [5.41, 5.74) is 4.61. The Balaban J connectivity index is 1.39. The van der Waals surface area contributed by atoms with Gasteiger partial charge in [-0.05, 0) is 47.9 Å². The number of carboxylic acid groups (broad SMARTS) is 1. The van der Waals surface area contributed by atoms with Crippen molar-refractivity contribution in [1.82, 2.24) is 10.2 Å². The van der Waals surface area contributed by atoms with Crippen molar-refractivity contribution in [3.63, 3.8) is 0 Å². The Morgan fingerprint density at radius 2 is 1.63 bits per heavy atom. The molecule has 2 aromatic carbocycles. The lowest BCUT2D eigenvalue weighted by Gasteiger charge is -2.36. The first-order valence-electron chi connectivity index (χ1n) is 12.4. The first-order valence-corrected chi connectivity index (χ1v) is 12.4. The van der Waals surface area contributed by atoms with Crippen molar-refractivity contribution in [1.29, 1.82) is 0 Å². The summed E-state index contributed by atoms with van der Waals surface area (Å²) in [4.78, 5) is 39.1. The number of hydrogen-bond donors (Lipinski definition) is 2. The zero-order valence-electron chi connectivity index (χ0n) is 20.6. The standard InChI is InChI=1S/C28H34N2O5/c1-17(2)25(26(31)30-14-8-9-19(15-30)27(32)33)18(3)29-28(34)35-16-24-22-12-6-4-10-20(22)21-11-5-7-13-23(21)24/h4-7,10-13,17-19,24-25H,8-9,14-16H2,1-3H3,(H,29,34)(H,32,33). The summed E-state index contributed by atoms with van der Waals surface area (Å²) in [6, 6.07) is 15.9. The minimum Gasteiger partial charge on any atom is -0.481 e. The molecule has 186 valence electrons. The Morgan fingerprint density at radius 1 is 1.03 bits per heavy atom. The van der Waals surface area contributed by atoms with E-state index < -0.39 is 29.9 Å². The summed E-state index contributed by atoms with van der Waals surface area (Å²) >= 11 is 0. The van der Waals surface area contributed by atoms with Crippen LogP contribution in [0.15, 0.2) is 48.5 Å². The molecule has 0 aromatic heterocycles. The van der Waals surface area contributed by atoms with Crippen LogP contribution in [0.5, 0.6) is 0 Å². The Labute approximate surface area is 206 Å². The van der Waals surface area contributed by atoms with Crippen LogP contribution in [0, 0.1) is 17.8 Å². The number of aliphatic carboxylic acids is 1. The molecule has 1 heterocycles. The number of fused-ring (bicyclic) bond motifs is 3. The molecular weight excluding hydrogens is 444 g/mol. The van der Waals surface area contributed by atoms with Crippen molar-refractivity contribution in [2.45, 2.75) is 45.6 Å². The van der Waals surface area contributed by atoms with Gasteiger partial charge in [0, 0.05) is 25.0 Å². The predicted octanol–water partition coefficient (Wildman–Crippen LogP) is 4.51. The number of amides is 2. The van der Waals surface area contributed by atoms with Crippen molar-refractivity contribution in [3.05, 3.63) is 59.7 Å². The van der Waals surface area contributed by atoms with Gasteiger partial charge in [-0.15, -0.1) is 0 Å². The highest BCUT2D eigenvalue weighted by Gasteiger charge is 2.36. The summed E-state index contributed by atoms with van der Waals surface area (Å²) in [6.07, 6.45) is 0.695. The lowest BCUT2D eigenvalue weighted by atomic mass is 9.86. The number of alkyl carbamates (subject to hydrolysis) is 1. The van der Waals surface area contributed by atoms with E-state index in [1.807, 2.05) is 45.0 Å². The number of carbonyl (C=O) groups is 3. The van der Waals surface area contributed by atoms with E-state index in [0.29, 0.717) is 19.4 Å². The maximum Gasteiger partial charge on any atom is 0.407 e. The van der Waals surface area contributed by atoms with E-state index in [1.54, 1.807) is 4.90 Å². The van der Waals surface area contributed by atoms with Crippen molar-refractivity contribution in [3.8, 4) is 11.1 Å². The van der Waals surface area contributed by atoms with E-state index in [4.69, 9.17) is 4.74 Å². The second kappa shape index (κ2) is 10.5. The van der Waals surface area contributed by atoms with Gasteiger partial charge in [-0.3, -0.25) is 9.59 Å². The average Bonchev–Trinajstić information content (AvgIpc) is 3.16. The Bertz CT molecular complexity index is 1050. The minimum atomic E-state index is -0.867. The molecule has 1 aliphatic carbocycles. The molecule has 3 atom stereocenters. The minimum absolute atomic E-state index is 0.0309. The van der Waals surface area contributed by atoms with Gasteiger partial charge in [-0.1, -0.05) is 62.4 Å². The van der Waals surface area contributed by atoms with Crippen molar-refractivity contribution < 1.29 is 24.2 Å². The third-order valence-electron chi connectivity index (χ3n) is 7.31. The van der Waals surface area contributed by atoms with Crippen LogP contribution in [0.1, 0.15) is 50.7 Å². The Morgan fingerprint density at radius 3 is 2.20 bits per heavy atom. The van der Waals surface area contributed by atoms with Gasteiger partial charge in [0.25, 0.3) is 0 Å². The van der Waals surface area contributed by atoms with E-state index in [0.717, 1.165) is 22.3 Å². The van der Waals surface area contributed by atoms with Gasteiger partial charge in [-0.25, -0.2) is 4.79 Å². The SMILES string of the molecule is CC(C)C(C(=O)N1CCCC(C(=O)O)C1)C(C)NC(=O)OCC1c2ccccc2-c2ccccc21. The van der Waals surface area contributed by atoms with E-state index in [-0.39, 0.29) is 30.9 Å². The number of piperidine rings is 1. The number of rotatable bonds is 7. The smallest absolute Gasteiger partial charge is 0.407 e. The lowest BCUT2D eigenvalue weighted by molar-refractivity contribution is -0.147. The topological polar surface area (TPSA) is 95.9 Å². The normalized spacial score (nSPS) is 19.0. The van der Waals surface area contributed by atoms with E-state index in [1.165, 1.54) is 0 Å². The highest BCUT2D eigenvalue weighted by molar-refractivity contribution is 5.82. The fourth-order valence-electron chi connectivity index (χ4n) is 5.58. The fourth-order valence-corrected chi connectivity index (χ4v) is 5.58. The molecule has 2 aromatic rings. The van der Waals surface area contributed by atoms with Crippen LogP contribution in [-0.2, 0) is 14.3 Å². The summed E-state index contributed by atoms with van der Waals surface area (Å²) in [5.74, 6) is -2.05. The number of carbonyl (C=O) groups excluding carboxylic acids is 2. The van der Waals surface area contributed by atoms with Gasteiger partial charge < -0.3 is 20.1 Å². The summed E-state index contributed by atoms with van der Waals surface area (Å²) in [7, 11) is 0. The first kappa shape index (κ1) is 24.8. The summed E-state index contributed by atoms with van der Waals surface area (Å²) in [6.45, 7) is 6.66. The van der Waals surface area contributed by atoms with Crippen LogP contribution in [0.25, 0.3) is 11.1 Å². The molecule has 0 saturated carbocycles. The molecule has 2 N–H and O–H groups in total. The second-order valence-corrected chi connectivity index (χ2v) is 9.99. The molecule has 0 bridgehead atoms. The molecule has 4 rings (SSSR count). The highest BCUT2D eigenvalue weighted by atomic mass is 16.5. The first-order chi connectivity index (χ1) is 16.8. The average molecular weight is 479 g/mol. The fraction of sp³-hybridized carbons (Fsp3) is 0.464. The summed E-state index contributed by atoms with van der Waals surface area (Å²) in [5, 5.41) is 12.2. The number of benzene rings is 2. The number of nitrogens with zero attached hydrogens (tertiary/aromatic N) is 1.